The number of aliphatic hydroxyl groups excluding tert-OH is 1. The van der Waals surface area contributed by atoms with Gasteiger partial charge in [0.05, 0.1) is 90.7 Å². The summed E-state index contributed by atoms with van der Waals surface area (Å²) in [7, 11) is 6.44. The lowest BCUT2D eigenvalue weighted by molar-refractivity contribution is 0.0428. The molecule has 2 aliphatic rings. The Bertz CT molecular complexity index is 3910. The molecule has 470 valence electrons. The van der Waals surface area contributed by atoms with Gasteiger partial charge < -0.3 is 44.1 Å². The number of rotatable bonds is 12. The number of carbonyl (C=O) groups excluding carboxylic acids is 3. The first kappa shape index (κ1) is 63.8. The number of aromatic nitrogens is 9. The third kappa shape index (κ3) is 14.0. The standard InChI is InChI=1S/C39H45F2N9O6.C23H25F2N5O3/c1-37(2,3)55-35(52)50(36(53)56-38(4,5)6)33-32-30(12-14-42-33)49(23-44-32)20-25-17-29(24-10-11-27(40)28(41)16-24)43-19-31(25)48-15-9-13-39(22-48,46-34(51)54-8)26-18-45-47(7)21-26;1-28-12-17(10-27-28)23(29(2)22(32)33)6-3-7-30(14-23)21-11-26-20(9-16(21)13-31)15-4-5-18(24)19(25)8-15/h10-12,14,16-19,21,23H,9,13,15,20,22H2,1-8H3,(H,46,51);4-5,8-12,31H,3,6-7,13-14H2,1-2H3,(H,32,33). The number of carbonyl (C=O) groups is 4. The molecule has 2 saturated heterocycles. The number of amides is 4. The molecule has 10 rings (SSSR count). The first-order chi connectivity index (χ1) is 42.1. The Hall–Kier alpha value is -9.66. The van der Waals surface area contributed by atoms with Gasteiger partial charge in [-0.05, 0) is 127 Å². The van der Waals surface area contributed by atoms with Gasteiger partial charge in [0, 0.05) is 93.7 Å². The molecule has 0 aliphatic carbocycles. The van der Waals surface area contributed by atoms with Crippen molar-refractivity contribution in [3.05, 3.63) is 150 Å². The lowest BCUT2D eigenvalue weighted by Gasteiger charge is -2.47. The monoisotopic (exact) mass is 1230 g/mol. The number of fused-ring (bicyclic) bond motifs is 1. The van der Waals surface area contributed by atoms with Crippen LogP contribution < -0.4 is 20.0 Å². The summed E-state index contributed by atoms with van der Waals surface area (Å²) in [5, 5.41) is 31.5. The molecule has 0 bridgehead atoms. The third-order valence-corrected chi connectivity index (χ3v) is 15.4. The molecule has 3 N–H and O–H groups in total. The zero-order chi connectivity index (χ0) is 64.3. The van der Waals surface area contributed by atoms with Crippen LogP contribution in [0.15, 0.2) is 104 Å². The molecule has 8 aromatic rings. The van der Waals surface area contributed by atoms with Crippen LogP contribution in [-0.4, -0.2) is 135 Å². The van der Waals surface area contributed by atoms with Gasteiger partial charge >= 0.3 is 24.4 Å². The SMILES string of the molecule is CN(C(=O)O)C1(c2cnn(C)c2)CCCN(c2cnc(-c3ccc(F)c(F)c3)cc2CO)C1.COC(=O)NC1(c2cnn(C)c2)CCCN(c2cnc(-c3ccc(F)c(F)c3)cc2Cn2cnc3c(N(C(=O)OC(C)(C)C)C(=O)OC(C)(C)C)nccc32)C1. The van der Waals surface area contributed by atoms with Crippen molar-refractivity contribution in [2.75, 3.05) is 55.0 Å². The van der Waals surface area contributed by atoms with E-state index < -0.39 is 69.9 Å². The number of aliphatic hydroxyl groups is 1. The number of likely N-dealkylation sites (N-methyl/N-ethyl adjacent to an activating group) is 1. The van der Waals surface area contributed by atoms with Crippen molar-refractivity contribution < 1.29 is 61.2 Å². The van der Waals surface area contributed by atoms with Crippen LogP contribution in [0, 0.1) is 23.3 Å². The minimum atomic E-state index is -1.05. The Labute approximate surface area is 510 Å². The van der Waals surface area contributed by atoms with Crippen molar-refractivity contribution in [3.63, 3.8) is 0 Å². The van der Waals surface area contributed by atoms with Crippen molar-refractivity contribution in [2.24, 2.45) is 14.1 Å². The summed E-state index contributed by atoms with van der Waals surface area (Å²) in [6.45, 7) is 11.9. The smallest absolute Gasteiger partial charge is 0.425 e. The number of imidazole rings is 1. The number of pyridine rings is 3. The van der Waals surface area contributed by atoms with Gasteiger partial charge in [-0.2, -0.15) is 15.1 Å². The number of hydrogen-bond acceptors (Lipinski definition) is 16. The fourth-order valence-corrected chi connectivity index (χ4v) is 11.1. The second-order valence-corrected chi connectivity index (χ2v) is 23.9. The second kappa shape index (κ2) is 25.6. The average Bonchev–Trinajstić information content (AvgIpc) is 2.10. The van der Waals surface area contributed by atoms with Crippen molar-refractivity contribution in [2.45, 2.75) is 103 Å². The summed E-state index contributed by atoms with van der Waals surface area (Å²) in [4.78, 5) is 76.0. The van der Waals surface area contributed by atoms with Crippen LogP contribution in [0.3, 0.4) is 0 Å². The predicted octanol–water partition coefficient (Wildman–Crippen LogP) is 10.4. The average molecular weight is 1230 g/mol. The third-order valence-electron chi connectivity index (χ3n) is 15.4. The number of aryl methyl sites for hydroxylation is 2. The van der Waals surface area contributed by atoms with Gasteiger partial charge in [0.2, 0.25) is 0 Å². The van der Waals surface area contributed by atoms with Crippen LogP contribution in [-0.2, 0) is 52.5 Å². The quantitative estimate of drug-likeness (QED) is 0.0759. The molecule has 89 heavy (non-hydrogen) atoms. The van der Waals surface area contributed by atoms with Gasteiger partial charge in [-0.15, -0.1) is 0 Å². The fraction of sp³-hybridized carbons (Fsp3) is 0.387. The van der Waals surface area contributed by atoms with Crippen molar-refractivity contribution in [1.29, 1.82) is 0 Å². The largest absolute Gasteiger partial charge is 0.465 e. The maximum absolute atomic E-state index is 14.4. The summed E-state index contributed by atoms with van der Waals surface area (Å²) in [5.41, 5.74) is 2.92. The number of nitrogens with one attached hydrogen (secondary N) is 1. The van der Waals surface area contributed by atoms with E-state index >= 15 is 0 Å². The van der Waals surface area contributed by atoms with E-state index in [0.29, 0.717) is 102 Å². The molecule has 2 aromatic carbocycles. The molecule has 0 spiro atoms. The molecule has 2 aliphatic heterocycles. The first-order valence-corrected chi connectivity index (χ1v) is 28.5. The molecule has 27 heteroatoms. The zero-order valence-corrected chi connectivity index (χ0v) is 51.0. The van der Waals surface area contributed by atoms with Gasteiger partial charge in [-0.3, -0.25) is 24.2 Å². The number of anilines is 3. The van der Waals surface area contributed by atoms with E-state index in [1.807, 2.05) is 21.9 Å². The second-order valence-electron chi connectivity index (χ2n) is 23.9. The Balaban J connectivity index is 0.000000242. The first-order valence-electron chi connectivity index (χ1n) is 28.5. The lowest BCUT2D eigenvalue weighted by atomic mass is 9.82. The normalized spacial score (nSPS) is 16.9. The molecule has 0 saturated carbocycles. The number of methoxy groups -OCH3 is 1. The van der Waals surface area contributed by atoms with Crippen molar-refractivity contribution in [3.8, 4) is 22.5 Å². The minimum Gasteiger partial charge on any atom is -0.465 e. The number of halogens is 4. The highest BCUT2D eigenvalue weighted by atomic mass is 19.2. The molecule has 0 radical (unpaired) electrons. The molecule has 8 heterocycles. The van der Waals surface area contributed by atoms with E-state index in [0.717, 1.165) is 40.3 Å². The highest BCUT2D eigenvalue weighted by Crippen LogP contribution is 2.41. The molecular weight excluding hydrogens is 1160 g/mol. The minimum absolute atomic E-state index is 0.0895. The Morgan fingerprint density at radius 2 is 1.22 bits per heavy atom. The zero-order valence-electron chi connectivity index (χ0n) is 51.0. The molecule has 6 aromatic heterocycles. The molecule has 2 fully saturated rings. The number of carboxylic acid groups (broad SMARTS) is 1. The number of imide groups is 1. The highest BCUT2D eigenvalue weighted by molar-refractivity contribution is 6.12. The summed E-state index contributed by atoms with van der Waals surface area (Å²) in [5.74, 6) is -4.00. The highest BCUT2D eigenvalue weighted by Gasteiger charge is 2.45. The van der Waals surface area contributed by atoms with E-state index in [-0.39, 0.29) is 24.5 Å². The predicted molar refractivity (Wildman–Crippen MR) is 321 cm³/mol. The fourth-order valence-electron chi connectivity index (χ4n) is 11.1. The molecular formula is C62H70F4N14O9. The van der Waals surface area contributed by atoms with Crippen molar-refractivity contribution >= 4 is 52.6 Å². The topological polar surface area (TPSA) is 254 Å². The number of nitrogens with zero attached hydrogens (tertiary/aromatic N) is 13. The Morgan fingerprint density at radius 3 is 1.74 bits per heavy atom. The van der Waals surface area contributed by atoms with Gasteiger partial charge in [-0.1, -0.05) is 0 Å². The van der Waals surface area contributed by atoms with Crippen LogP contribution in [0.4, 0.5) is 53.9 Å². The maximum Gasteiger partial charge on any atom is 0.425 e. The van der Waals surface area contributed by atoms with E-state index in [2.05, 4.69) is 40.3 Å². The Kier molecular flexibility index (Phi) is 18.3. The van der Waals surface area contributed by atoms with E-state index in [9.17, 15) is 47.0 Å². The van der Waals surface area contributed by atoms with Gasteiger partial charge in [-0.25, -0.2) is 46.7 Å². The number of alkyl carbamates (subject to hydrolysis) is 1. The van der Waals surface area contributed by atoms with Gasteiger partial charge in [0.25, 0.3) is 0 Å². The number of ether oxygens (including phenoxy) is 3. The number of hydrogen-bond donors (Lipinski definition) is 3. The van der Waals surface area contributed by atoms with Crippen LogP contribution in [0.5, 0.6) is 0 Å². The molecule has 2 atom stereocenters. The van der Waals surface area contributed by atoms with Crippen LogP contribution in [0.2, 0.25) is 0 Å². The van der Waals surface area contributed by atoms with Crippen LogP contribution in [0.1, 0.15) is 89.5 Å². The van der Waals surface area contributed by atoms with Gasteiger partial charge in [0.15, 0.2) is 29.1 Å². The summed E-state index contributed by atoms with van der Waals surface area (Å²) < 4.78 is 76.7. The lowest BCUT2D eigenvalue weighted by Crippen LogP contribution is -2.57. The van der Waals surface area contributed by atoms with E-state index in [1.54, 1.807) is 121 Å². The van der Waals surface area contributed by atoms with Crippen LogP contribution in [0.25, 0.3) is 33.5 Å². The number of piperidine rings is 2. The van der Waals surface area contributed by atoms with Crippen molar-refractivity contribution in [1.82, 2.24) is 54.3 Å². The molecule has 4 amide bonds. The molecule has 2 unspecified atom stereocenters. The summed E-state index contributed by atoms with van der Waals surface area (Å²) in [6, 6.07) is 12.2. The van der Waals surface area contributed by atoms with Crippen LogP contribution >= 0.6 is 0 Å². The maximum atomic E-state index is 14.4. The summed E-state index contributed by atoms with van der Waals surface area (Å²) >= 11 is 0. The Morgan fingerprint density at radius 1 is 0.685 bits per heavy atom. The molecule has 23 nitrogen and oxygen atoms in total. The number of benzene rings is 2. The van der Waals surface area contributed by atoms with E-state index in [1.165, 1.54) is 30.3 Å². The van der Waals surface area contributed by atoms with Gasteiger partial charge in [0.1, 0.15) is 16.7 Å². The summed E-state index contributed by atoms with van der Waals surface area (Å²) in [6.07, 6.45) is 12.3. The van der Waals surface area contributed by atoms with E-state index in [4.69, 9.17) is 14.2 Å².